The van der Waals surface area contributed by atoms with Gasteiger partial charge in [-0.05, 0) is 24.7 Å². The van der Waals surface area contributed by atoms with E-state index in [0.29, 0.717) is 11.3 Å². The number of hydrogen-bond donors (Lipinski definition) is 2. The summed E-state index contributed by atoms with van der Waals surface area (Å²) < 4.78 is 0. The molecule has 0 aliphatic heterocycles. The highest BCUT2D eigenvalue weighted by Gasteiger charge is 2.20. The lowest BCUT2D eigenvalue weighted by molar-refractivity contribution is 0.274. The summed E-state index contributed by atoms with van der Waals surface area (Å²) in [5.41, 5.74) is 1.51. The third kappa shape index (κ3) is 4.66. The van der Waals surface area contributed by atoms with E-state index in [2.05, 4.69) is 62.1 Å². The molecular weight excluding hydrogens is 248 g/mol. The lowest BCUT2D eigenvalue weighted by Gasteiger charge is -2.28. The first-order chi connectivity index (χ1) is 9.40. The lowest BCUT2D eigenvalue weighted by Crippen LogP contribution is -2.25. The summed E-state index contributed by atoms with van der Waals surface area (Å²) in [5, 5.41) is 6.84. The van der Waals surface area contributed by atoms with Gasteiger partial charge < -0.3 is 10.6 Å². The van der Waals surface area contributed by atoms with Gasteiger partial charge in [-0.2, -0.15) is 0 Å². The van der Waals surface area contributed by atoms with Gasteiger partial charge in [0, 0.05) is 18.7 Å². The fourth-order valence-electron chi connectivity index (χ4n) is 1.93. The zero-order chi connectivity index (χ0) is 15.2. The minimum Gasteiger partial charge on any atom is -0.370 e. The van der Waals surface area contributed by atoms with Crippen molar-refractivity contribution in [2.45, 2.75) is 54.4 Å². The van der Waals surface area contributed by atoms with Crippen molar-refractivity contribution in [3.05, 3.63) is 11.9 Å². The fourth-order valence-corrected chi connectivity index (χ4v) is 1.93. The van der Waals surface area contributed by atoms with Crippen LogP contribution in [0.1, 0.15) is 53.5 Å². The molecule has 0 aliphatic rings. The molecule has 0 radical (unpaired) electrons. The number of anilines is 2. The molecule has 4 nitrogen and oxygen atoms in total. The monoisotopic (exact) mass is 278 g/mol. The quantitative estimate of drug-likeness (QED) is 0.792. The van der Waals surface area contributed by atoms with Gasteiger partial charge in [0.05, 0.1) is 0 Å². The van der Waals surface area contributed by atoms with Crippen LogP contribution in [-0.4, -0.2) is 23.1 Å². The molecule has 1 heterocycles. The Morgan fingerprint density at radius 3 is 2.20 bits per heavy atom. The molecule has 1 unspecified atom stereocenters. The number of nitrogens with zero attached hydrogens (tertiary/aromatic N) is 2. The van der Waals surface area contributed by atoms with Crippen LogP contribution in [-0.2, 0) is 6.42 Å². The molecule has 0 saturated heterocycles. The second-order valence-electron chi connectivity index (χ2n) is 6.48. The van der Waals surface area contributed by atoms with Crippen LogP contribution in [0.15, 0.2) is 6.33 Å². The first-order valence-corrected chi connectivity index (χ1v) is 7.71. The summed E-state index contributed by atoms with van der Waals surface area (Å²) >= 11 is 0. The minimum absolute atomic E-state index is 0.301. The Balaban J connectivity index is 2.85. The maximum absolute atomic E-state index is 4.43. The zero-order valence-electron chi connectivity index (χ0n) is 13.9. The van der Waals surface area contributed by atoms with Crippen molar-refractivity contribution < 1.29 is 0 Å². The third-order valence-electron chi connectivity index (χ3n) is 3.84. The fraction of sp³-hybridized carbons (Fsp3) is 0.750. The largest absolute Gasteiger partial charge is 0.370 e. The average molecular weight is 278 g/mol. The van der Waals surface area contributed by atoms with E-state index in [1.54, 1.807) is 6.33 Å². The van der Waals surface area contributed by atoms with Gasteiger partial charge in [-0.1, -0.05) is 41.0 Å². The maximum Gasteiger partial charge on any atom is 0.134 e. The van der Waals surface area contributed by atoms with Gasteiger partial charge in [-0.3, -0.25) is 0 Å². The van der Waals surface area contributed by atoms with Crippen molar-refractivity contribution in [1.82, 2.24) is 9.97 Å². The standard InChI is InChI=1S/C16H30N4/c1-7-9-13-14(17-8-2)19-11-20-15(13)18-10-12(3)16(4,5)6/h11-12H,7-10H2,1-6H3,(H2,17,18,19,20). The molecule has 0 fully saturated rings. The smallest absolute Gasteiger partial charge is 0.134 e. The summed E-state index contributed by atoms with van der Waals surface area (Å²) in [7, 11) is 0. The Bertz CT molecular complexity index is 409. The molecule has 2 N–H and O–H groups in total. The predicted octanol–water partition coefficient (Wildman–Crippen LogP) is 3.96. The normalized spacial score (nSPS) is 13.1. The van der Waals surface area contributed by atoms with Crippen molar-refractivity contribution in [3.63, 3.8) is 0 Å². The molecule has 0 spiro atoms. The Morgan fingerprint density at radius 2 is 1.70 bits per heavy atom. The first kappa shape index (κ1) is 16.7. The SMILES string of the molecule is CCCc1c(NCC)ncnc1NCC(C)C(C)(C)C. The van der Waals surface area contributed by atoms with Crippen molar-refractivity contribution in [1.29, 1.82) is 0 Å². The molecule has 1 aromatic rings. The Morgan fingerprint density at radius 1 is 1.10 bits per heavy atom. The number of nitrogens with one attached hydrogen (secondary N) is 2. The second kappa shape index (κ2) is 7.46. The summed E-state index contributed by atoms with van der Waals surface area (Å²) in [5.74, 6) is 2.53. The second-order valence-corrected chi connectivity index (χ2v) is 6.48. The Kier molecular flexibility index (Phi) is 6.24. The van der Waals surface area contributed by atoms with E-state index >= 15 is 0 Å². The lowest BCUT2D eigenvalue weighted by atomic mass is 9.82. The van der Waals surface area contributed by atoms with Crippen LogP contribution in [0, 0.1) is 11.3 Å². The zero-order valence-corrected chi connectivity index (χ0v) is 13.9. The van der Waals surface area contributed by atoms with Crippen LogP contribution < -0.4 is 10.6 Å². The molecule has 1 rings (SSSR count). The van der Waals surface area contributed by atoms with E-state index < -0.39 is 0 Å². The summed E-state index contributed by atoms with van der Waals surface area (Å²) in [6, 6.07) is 0. The molecular formula is C16H30N4. The highest BCUT2D eigenvalue weighted by molar-refractivity contribution is 5.57. The van der Waals surface area contributed by atoms with Gasteiger partial charge in [0.2, 0.25) is 0 Å². The summed E-state index contributed by atoms with van der Waals surface area (Å²) in [4.78, 5) is 8.79. The van der Waals surface area contributed by atoms with Gasteiger partial charge in [-0.15, -0.1) is 0 Å². The number of hydrogen-bond acceptors (Lipinski definition) is 4. The number of rotatable bonds is 7. The molecule has 1 aromatic heterocycles. The topological polar surface area (TPSA) is 49.8 Å². The van der Waals surface area contributed by atoms with Crippen molar-refractivity contribution >= 4 is 11.6 Å². The molecule has 0 aliphatic carbocycles. The van der Waals surface area contributed by atoms with Crippen LogP contribution in [0.5, 0.6) is 0 Å². The van der Waals surface area contributed by atoms with E-state index in [4.69, 9.17) is 0 Å². The summed E-state index contributed by atoms with van der Waals surface area (Å²) in [6.07, 6.45) is 3.73. The molecule has 114 valence electrons. The van der Waals surface area contributed by atoms with Crippen LogP contribution in [0.25, 0.3) is 0 Å². The van der Waals surface area contributed by atoms with Gasteiger partial charge in [0.1, 0.15) is 18.0 Å². The molecule has 0 saturated carbocycles. The third-order valence-corrected chi connectivity index (χ3v) is 3.84. The highest BCUT2D eigenvalue weighted by Crippen LogP contribution is 2.27. The van der Waals surface area contributed by atoms with Crippen LogP contribution in [0.4, 0.5) is 11.6 Å². The molecule has 20 heavy (non-hydrogen) atoms. The first-order valence-electron chi connectivity index (χ1n) is 7.71. The molecule has 4 heteroatoms. The van der Waals surface area contributed by atoms with E-state index in [1.165, 1.54) is 5.56 Å². The van der Waals surface area contributed by atoms with Crippen LogP contribution in [0.3, 0.4) is 0 Å². The molecule has 1 atom stereocenters. The average Bonchev–Trinajstić information content (AvgIpc) is 2.38. The van der Waals surface area contributed by atoms with E-state index in [9.17, 15) is 0 Å². The van der Waals surface area contributed by atoms with Crippen molar-refractivity contribution in [2.75, 3.05) is 23.7 Å². The number of aromatic nitrogens is 2. The van der Waals surface area contributed by atoms with Crippen molar-refractivity contribution in [3.8, 4) is 0 Å². The highest BCUT2D eigenvalue weighted by atomic mass is 15.1. The van der Waals surface area contributed by atoms with Gasteiger partial charge in [-0.25, -0.2) is 9.97 Å². The molecule has 0 aromatic carbocycles. The summed E-state index contributed by atoms with van der Waals surface area (Å²) in [6.45, 7) is 15.2. The molecule has 0 amide bonds. The molecule has 0 bridgehead atoms. The van der Waals surface area contributed by atoms with Crippen molar-refractivity contribution in [2.24, 2.45) is 11.3 Å². The van der Waals surface area contributed by atoms with Crippen LogP contribution >= 0.6 is 0 Å². The van der Waals surface area contributed by atoms with Gasteiger partial charge in [0.25, 0.3) is 0 Å². The maximum atomic E-state index is 4.43. The van der Waals surface area contributed by atoms with Crippen LogP contribution in [0.2, 0.25) is 0 Å². The van der Waals surface area contributed by atoms with Gasteiger partial charge >= 0.3 is 0 Å². The Labute approximate surface area is 123 Å². The Hall–Kier alpha value is -1.32. The van der Waals surface area contributed by atoms with E-state index in [1.807, 2.05) is 0 Å². The van der Waals surface area contributed by atoms with Gasteiger partial charge in [0.15, 0.2) is 0 Å². The minimum atomic E-state index is 0.301. The predicted molar refractivity (Wildman–Crippen MR) is 87.3 cm³/mol. The van der Waals surface area contributed by atoms with E-state index in [-0.39, 0.29) is 0 Å². The van der Waals surface area contributed by atoms with E-state index in [0.717, 1.165) is 37.6 Å².